The molecule has 4 aromatic rings. The molecule has 0 radical (unpaired) electrons. The van der Waals surface area contributed by atoms with Gasteiger partial charge in [-0.3, -0.25) is 0 Å². The summed E-state index contributed by atoms with van der Waals surface area (Å²) in [5.74, 6) is -0.106. The van der Waals surface area contributed by atoms with Crippen molar-refractivity contribution < 1.29 is 14.6 Å². The van der Waals surface area contributed by atoms with E-state index < -0.39 is 29.5 Å². The van der Waals surface area contributed by atoms with Crippen molar-refractivity contribution in [3.05, 3.63) is 53.2 Å². The summed E-state index contributed by atoms with van der Waals surface area (Å²) < 4.78 is 16.4. The number of nitriles is 1. The largest absolute Gasteiger partial charge is 0.389 e. The quantitative estimate of drug-likeness (QED) is 0.346. The summed E-state index contributed by atoms with van der Waals surface area (Å²) in [7, 11) is 0. The van der Waals surface area contributed by atoms with Crippen LogP contribution >= 0.6 is 11.6 Å². The Balaban J connectivity index is 1.44. The topological polar surface area (TPSA) is 160 Å². The first kappa shape index (κ1) is 22.3. The lowest BCUT2D eigenvalue weighted by Crippen LogP contribution is -2.36. The number of aryl methyl sites for hydroxylation is 1. The van der Waals surface area contributed by atoms with E-state index in [0.717, 1.165) is 0 Å². The molecular formula is C23H21ClFN7O2. The Morgan fingerprint density at radius 2 is 2.00 bits per heavy atom. The normalized spacial score (nSPS) is 24.6. The number of hydrogen-bond donors (Lipinski definition) is 4. The van der Waals surface area contributed by atoms with Gasteiger partial charge in [-0.05, 0) is 49.1 Å². The van der Waals surface area contributed by atoms with E-state index in [9.17, 15) is 19.9 Å². The highest BCUT2D eigenvalue weighted by Gasteiger charge is 2.53. The van der Waals surface area contributed by atoms with Crippen LogP contribution in [0.5, 0.6) is 0 Å². The number of aromatic nitrogens is 4. The van der Waals surface area contributed by atoms with E-state index in [1.807, 2.05) is 0 Å². The zero-order chi connectivity index (χ0) is 24.2. The molecule has 4 atom stereocenters. The van der Waals surface area contributed by atoms with Gasteiger partial charge in [0.1, 0.15) is 41.6 Å². The van der Waals surface area contributed by atoms with Crippen LogP contribution in [-0.4, -0.2) is 41.9 Å². The van der Waals surface area contributed by atoms with Gasteiger partial charge in [0.15, 0.2) is 0 Å². The van der Waals surface area contributed by atoms with Crippen LogP contribution in [-0.2, 0) is 6.42 Å². The number of nitrogens with two attached hydrogens (primary N) is 2. The van der Waals surface area contributed by atoms with Gasteiger partial charge in [-0.1, -0.05) is 11.6 Å². The highest BCUT2D eigenvalue weighted by Crippen LogP contribution is 2.48. The number of pyridine rings is 1. The Morgan fingerprint density at radius 3 is 2.76 bits per heavy atom. The fourth-order valence-corrected chi connectivity index (χ4v) is 5.03. The maximum atomic E-state index is 14.7. The molecule has 6 N–H and O–H groups in total. The van der Waals surface area contributed by atoms with Crippen LogP contribution in [0.15, 0.2) is 36.8 Å². The SMILES string of the molecule is N#C[C@]1(CCc2cc(F)c3cc(Cl)c(N)nc3c2)C[C@@H](n2ccc3c(N)ncnc32)[C@H](O)[C@@H]1O. The Kier molecular flexibility index (Phi) is 5.28. The van der Waals surface area contributed by atoms with E-state index >= 15 is 0 Å². The standard InChI is InChI=1S/C23H21ClFN7O2/c24-14-7-13-15(25)5-11(6-16(13)31-21(14)28)1-3-23(9-26)8-17(18(33)19(23)34)32-4-2-12-20(27)29-10-30-22(12)32/h2,4-7,10,17-19,33-34H,1,3,8H2,(H2,28,31)(H2,27,29,30)/t17-,18+,19+,23+/m1/s1. The molecule has 34 heavy (non-hydrogen) atoms. The lowest BCUT2D eigenvalue weighted by Gasteiger charge is -2.25. The molecule has 0 spiro atoms. The maximum absolute atomic E-state index is 14.7. The lowest BCUT2D eigenvalue weighted by atomic mass is 9.79. The first-order valence-corrected chi connectivity index (χ1v) is 11.0. The van der Waals surface area contributed by atoms with Crippen LogP contribution < -0.4 is 11.5 Å². The van der Waals surface area contributed by atoms with Gasteiger partial charge in [-0.25, -0.2) is 19.3 Å². The first-order chi connectivity index (χ1) is 16.2. The molecule has 0 amide bonds. The van der Waals surface area contributed by atoms with Gasteiger partial charge in [0.25, 0.3) is 0 Å². The van der Waals surface area contributed by atoms with E-state index in [4.69, 9.17) is 23.1 Å². The zero-order valence-corrected chi connectivity index (χ0v) is 18.6. The van der Waals surface area contributed by atoms with E-state index in [1.165, 1.54) is 18.5 Å². The van der Waals surface area contributed by atoms with Crippen molar-refractivity contribution in [1.29, 1.82) is 5.26 Å². The van der Waals surface area contributed by atoms with Crippen LogP contribution in [0.4, 0.5) is 16.0 Å². The lowest BCUT2D eigenvalue weighted by molar-refractivity contribution is -0.0121. The van der Waals surface area contributed by atoms with E-state index in [0.29, 0.717) is 27.9 Å². The molecule has 9 nitrogen and oxygen atoms in total. The molecule has 1 aliphatic carbocycles. The average Bonchev–Trinajstić information content (AvgIpc) is 3.35. The molecule has 1 aliphatic rings. The van der Waals surface area contributed by atoms with Gasteiger partial charge in [0, 0.05) is 11.6 Å². The third-order valence-corrected chi connectivity index (χ3v) is 7.06. The average molecular weight is 482 g/mol. The number of nitrogen functional groups attached to an aromatic ring is 2. The number of hydrogen-bond acceptors (Lipinski definition) is 8. The van der Waals surface area contributed by atoms with Gasteiger partial charge in [0.2, 0.25) is 0 Å². The number of halogens is 2. The van der Waals surface area contributed by atoms with Crippen LogP contribution in [0.1, 0.15) is 24.4 Å². The maximum Gasteiger partial charge on any atom is 0.145 e. The van der Waals surface area contributed by atoms with Crippen molar-refractivity contribution in [3.63, 3.8) is 0 Å². The van der Waals surface area contributed by atoms with Crippen molar-refractivity contribution in [3.8, 4) is 6.07 Å². The predicted molar refractivity (Wildman–Crippen MR) is 125 cm³/mol. The number of nitrogens with zero attached hydrogens (tertiary/aromatic N) is 5. The Hall–Kier alpha value is -3.52. The number of anilines is 2. The van der Waals surface area contributed by atoms with E-state index in [1.54, 1.807) is 22.9 Å². The molecule has 0 bridgehead atoms. The van der Waals surface area contributed by atoms with Crippen molar-refractivity contribution >= 4 is 45.2 Å². The number of aliphatic hydroxyl groups excluding tert-OH is 2. The molecule has 0 unspecified atom stereocenters. The summed E-state index contributed by atoms with van der Waals surface area (Å²) in [6, 6.07) is 7.82. The summed E-state index contributed by atoms with van der Waals surface area (Å²) in [6.45, 7) is 0. The highest BCUT2D eigenvalue weighted by atomic mass is 35.5. The van der Waals surface area contributed by atoms with Gasteiger partial charge < -0.3 is 26.2 Å². The fraction of sp³-hybridized carbons (Fsp3) is 0.304. The summed E-state index contributed by atoms with van der Waals surface area (Å²) >= 11 is 5.96. The minimum atomic E-state index is -1.31. The number of fused-ring (bicyclic) bond motifs is 2. The fourth-order valence-electron chi connectivity index (χ4n) is 4.88. The molecule has 3 aromatic heterocycles. The molecular weight excluding hydrogens is 461 g/mol. The van der Waals surface area contributed by atoms with Gasteiger partial charge in [-0.2, -0.15) is 5.26 Å². The van der Waals surface area contributed by atoms with Crippen LogP contribution in [0.2, 0.25) is 5.02 Å². The molecule has 1 saturated carbocycles. The molecule has 1 aromatic carbocycles. The zero-order valence-electron chi connectivity index (χ0n) is 17.9. The summed E-state index contributed by atoms with van der Waals surface area (Å²) in [6.07, 6.45) is 1.18. The molecule has 1 fully saturated rings. The molecule has 0 aliphatic heterocycles. The minimum absolute atomic E-state index is 0.0970. The third kappa shape index (κ3) is 3.40. The van der Waals surface area contributed by atoms with Crippen molar-refractivity contribution in [1.82, 2.24) is 19.5 Å². The molecule has 174 valence electrons. The van der Waals surface area contributed by atoms with Gasteiger partial charge >= 0.3 is 0 Å². The minimum Gasteiger partial charge on any atom is -0.389 e. The van der Waals surface area contributed by atoms with Crippen LogP contribution in [0.25, 0.3) is 21.9 Å². The highest BCUT2D eigenvalue weighted by molar-refractivity contribution is 6.33. The van der Waals surface area contributed by atoms with E-state index in [-0.39, 0.29) is 35.5 Å². The second-order valence-corrected chi connectivity index (χ2v) is 9.10. The van der Waals surface area contributed by atoms with Crippen LogP contribution in [0, 0.1) is 22.6 Å². The van der Waals surface area contributed by atoms with Crippen molar-refractivity contribution in [2.24, 2.45) is 5.41 Å². The summed E-state index contributed by atoms with van der Waals surface area (Å²) in [5, 5.41) is 32.9. The van der Waals surface area contributed by atoms with Crippen LogP contribution in [0.3, 0.4) is 0 Å². The summed E-state index contributed by atoms with van der Waals surface area (Å²) in [5.41, 5.74) is 11.9. The smallest absolute Gasteiger partial charge is 0.145 e. The molecule has 0 saturated heterocycles. The second-order valence-electron chi connectivity index (χ2n) is 8.69. The molecule has 11 heteroatoms. The third-order valence-electron chi connectivity index (χ3n) is 6.76. The predicted octanol–water partition coefficient (Wildman–Crippen LogP) is 2.75. The van der Waals surface area contributed by atoms with Gasteiger partial charge in [-0.15, -0.1) is 0 Å². The Labute approximate surface area is 198 Å². The summed E-state index contributed by atoms with van der Waals surface area (Å²) in [4.78, 5) is 12.4. The first-order valence-electron chi connectivity index (χ1n) is 10.6. The number of aliphatic hydroxyl groups is 2. The molecule has 3 heterocycles. The number of benzene rings is 1. The number of rotatable bonds is 4. The monoisotopic (exact) mass is 481 g/mol. The Morgan fingerprint density at radius 1 is 1.21 bits per heavy atom. The second kappa shape index (κ2) is 8.06. The molecule has 5 rings (SSSR count). The van der Waals surface area contributed by atoms with Crippen molar-refractivity contribution in [2.45, 2.75) is 37.5 Å². The van der Waals surface area contributed by atoms with E-state index in [2.05, 4.69) is 21.0 Å². The Bertz CT molecular complexity index is 1470. The van der Waals surface area contributed by atoms with Crippen molar-refractivity contribution in [2.75, 3.05) is 11.5 Å². The van der Waals surface area contributed by atoms with Gasteiger partial charge in [0.05, 0.1) is 33.5 Å².